The number of rotatable bonds is 8. The Kier molecular flexibility index (Phi) is 12.9. The third-order valence-electron chi connectivity index (χ3n) is 10.9. The molecule has 0 N–H and O–H groups in total. The van der Waals surface area contributed by atoms with Crippen LogP contribution in [0.4, 0.5) is 0 Å². The fourth-order valence-corrected chi connectivity index (χ4v) is 12.2. The molecule has 0 saturated carbocycles. The van der Waals surface area contributed by atoms with Gasteiger partial charge in [0.1, 0.15) is 0 Å². The minimum absolute atomic E-state index is 0. The van der Waals surface area contributed by atoms with Gasteiger partial charge in [0.25, 0.3) is 0 Å². The molecule has 0 aliphatic carbocycles. The van der Waals surface area contributed by atoms with Gasteiger partial charge in [-0.05, 0) is 16.5 Å². The zero-order valence-corrected chi connectivity index (χ0v) is 42.8. The molecule has 0 unspecified atom stereocenters. The van der Waals surface area contributed by atoms with E-state index >= 15 is 0 Å². The van der Waals surface area contributed by atoms with Crippen molar-refractivity contribution in [2.75, 3.05) is 0 Å². The van der Waals surface area contributed by atoms with Gasteiger partial charge in [0.05, 0.1) is 32.3 Å². The number of hydrogen-bond donors (Lipinski definition) is 0. The van der Waals surface area contributed by atoms with Gasteiger partial charge in [-0.25, -0.2) is 0 Å². The zero-order valence-electron chi connectivity index (χ0n) is 35.2. The van der Waals surface area contributed by atoms with Crippen molar-refractivity contribution in [2.45, 2.75) is 97.8 Å². The Balaban J connectivity index is 0.00000243. The average Bonchev–Trinajstić information content (AvgIpc) is 3.65. The molecule has 0 aliphatic heterocycles. The maximum Gasteiger partial charge on any atom is 4.00 e. The van der Waals surface area contributed by atoms with Gasteiger partial charge in [-0.3, -0.25) is 0 Å². The van der Waals surface area contributed by atoms with Crippen molar-refractivity contribution in [3.05, 3.63) is 123 Å². The first-order valence-electron chi connectivity index (χ1n) is 18.3. The fraction of sp³-hybridized carbons (Fsp3) is 0.319. The van der Waals surface area contributed by atoms with Crippen LogP contribution in [0, 0.1) is 14.9 Å². The molecule has 0 fully saturated rings. The van der Waals surface area contributed by atoms with Crippen molar-refractivity contribution in [1.29, 1.82) is 0 Å². The van der Waals surface area contributed by atoms with Crippen LogP contribution >= 0.6 is 0 Å². The van der Waals surface area contributed by atoms with E-state index in [0.717, 1.165) is 0 Å². The van der Waals surface area contributed by atoms with Crippen LogP contribution in [0.3, 0.4) is 0 Å². The molecule has 0 spiro atoms. The second-order valence-corrected chi connectivity index (χ2v) is 39.6. The van der Waals surface area contributed by atoms with Crippen molar-refractivity contribution in [3.8, 4) is 22.3 Å². The molecule has 0 bridgehead atoms. The molecular formula is C47H64HfSi4. The quantitative estimate of drug-likeness (QED) is 0.105. The maximum atomic E-state index is 2.54. The Bertz CT molecular complexity index is 1960. The summed E-state index contributed by atoms with van der Waals surface area (Å²) in [6.45, 7) is 34.6. The second-order valence-electron chi connectivity index (χ2n) is 19.3. The Morgan fingerprint density at radius 1 is 0.423 bits per heavy atom. The van der Waals surface area contributed by atoms with Crippen LogP contribution in [0.5, 0.6) is 0 Å². The Hall–Kier alpha value is -2.16. The molecule has 0 nitrogen and oxygen atoms in total. The molecule has 0 heterocycles. The van der Waals surface area contributed by atoms with Crippen molar-refractivity contribution in [3.63, 3.8) is 0 Å². The van der Waals surface area contributed by atoms with Gasteiger partial charge in [0.2, 0.25) is 0 Å². The average molecular weight is 920 g/mol. The topological polar surface area (TPSA) is 0 Å². The summed E-state index contributed by atoms with van der Waals surface area (Å²) in [6.07, 6.45) is 0. The number of benzene rings is 4. The summed E-state index contributed by atoms with van der Waals surface area (Å²) in [6, 6.07) is 38.9. The molecule has 0 atom stereocenters. The normalized spacial score (nSPS) is 12.7. The first-order chi connectivity index (χ1) is 22.5. The van der Waals surface area contributed by atoms with Crippen LogP contribution in [0.15, 0.2) is 97.1 Å². The SMILES string of the molecule is CC(C)(c1cc2c(-c3cc([Si](C)(C)C)cc([Si](C)(C)C)c3)cccc2[cH-]1)c1cc2c(-c3cc([Si](C)(C)C)cc([Si](C)(C)C)c3)cccc2[cH-]1.[CH3-].[CH3-].[Hf+4]. The predicted molar refractivity (Wildman–Crippen MR) is 247 cm³/mol. The van der Waals surface area contributed by atoms with Crippen LogP contribution in [-0.4, -0.2) is 32.3 Å². The van der Waals surface area contributed by atoms with Gasteiger partial charge in [-0.1, -0.05) is 173 Å². The second kappa shape index (κ2) is 15.2. The third kappa shape index (κ3) is 8.70. The Morgan fingerprint density at radius 3 is 0.981 bits per heavy atom. The van der Waals surface area contributed by atoms with E-state index in [2.05, 4.69) is 189 Å². The Labute approximate surface area is 341 Å². The minimum atomic E-state index is -1.49. The summed E-state index contributed by atoms with van der Waals surface area (Å²) in [7, 11) is -5.96. The van der Waals surface area contributed by atoms with E-state index in [1.165, 1.54) is 54.9 Å². The molecule has 0 saturated heterocycles. The molecule has 0 aliphatic rings. The van der Waals surface area contributed by atoms with E-state index in [-0.39, 0.29) is 46.1 Å². The summed E-state index contributed by atoms with van der Waals surface area (Å²) < 4.78 is 0. The van der Waals surface area contributed by atoms with Crippen molar-refractivity contribution >= 4 is 74.6 Å². The van der Waals surface area contributed by atoms with Crippen molar-refractivity contribution < 1.29 is 25.8 Å². The van der Waals surface area contributed by atoms with Gasteiger partial charge in [0.15, 0.2) is 0 Å². The first kappa shape index (κ1) is 44.2. The van der Waals surface area contributed by atoms with Crippen LogP contribution in [0.25, 0.3) is 43.8 Å². The van der Waals surface area contributed by atoms with Gasteiger partial charge < -0.3 is 14.9 Å². The smallest absolute Gasteiger partial charge is 0.358 e. The zero-order chi connectivity index (χ0) is 35.9. The Morgan fingerprint density at radius 2 is 0.712 bits per heavy atom. The van der Waals surface area contributed by atoms with E-state index in [1.54, 1.807) is 20.7 Å². The molecule has 5 heteroatoms. The standard InChI is InChI=1S/C45H58Si4.2CH3.Hf/c1-45(2,35-21-31-17-15-19-41(43(31)27-35)33-23-37(46(3,4)5)29-38(24-33)47(6,7)8)36-22-32-18-16-20-42(44(32)28-36)34-25-39(48(9,10)11)30-40(26-34)49(12,13)14;;;/h15-30H,1-14H3;2*1H3;/q-2;2*-1;+4. The molecule has 272 valence electrons. The first-order valence-corrected chi connectivity index (χ1v) is 32.3. The van der Waals surface area contributed by atoms with Crippen LogP contribution in [-0.2, 0) is 31.3 Å². The molecule has 0 aromatic heterocycles. The predicted octanol–water partition coefficient (Wildman–Crippen LogP) is 12.2. The van der Waals surface area contributed by atoms with Gasteiger partial charge in [0, 0.05) is 0 Å². The molecule has 6 rings (SSSR count). The molecule has 0 radical (unpaired) electrons. The molecular weight excluding hydrogens is 855 g/mol. The van der Waals surface area contributed by atoms with E-state index in [4.69, 9.17) is 0 Å². The molecule has 0 amide bonds. The summed E-state index contributed by atoms with van der Waals surface area (Å²) >= 11 is 0. The summed E-state index contributed by atoms with van der Waals surface area (Å²) in [5.41, 5.74) is 8.16. The van der Waals surface area contributed by atoms with Gasteiger partial charge >= 0.3 is 25.8 Å². The summed E-state index contributed by atoms with van der Waals surface area (Å²) in [5.74, 6) is 0. The third-order valence-corrected chi connectivity index (χ3v) is 19.0. The van der Waals surface area contributed by atoms with E-state index in [0.29, 0.717) is 0 Å². The van der Waals surface area contributed by atoms with Crippen LogP contribution in [0.2, 0.25) is 78.6 Å². The minimum Gasteiger partial charge on any atom is -0.358 e. The monoisotopic (exact) mass is 920 g/mol. The molecule has 6 aromatic carbocycles. The number of hydrogen-bond acceptors (Lipinski definition) is 0. The van der Waals surface area contributed by atoms with E-state index < -0.39 is 32.3 Å². The summed E-state index contributed by atoms with van der Waals surface area (Å²) in [5, 5.41) is 11.7. The van der Waals surface area contributed by atoms with E-state index in [9.17, 15) is 0 Å². The van der Waals surface area contributed by atoms with Crippen LogP contribution in [0.1, 0.15) is 25.0 Å². The fourth-order valence-electron chi connectivity index (χ4n) is 7.16. The maximum absolute atomic E-state index is 2.54. The largest absolute Gasteiger partial charge is 4.00 e. The molecule has 52 heavy (non-hydrogen) atoms. The van der Waals surface area contributed by atoms with Crippen molar-refractivity contribution in [1.82, 2.24) is 0 Å². The summed E-state index contributed by atoms with van der Waals surface area (Å²) in [4.78, 5) is 0. The van der Waals surface area contributed by atoms with Gasteiger partial charge in [-0.15, -0.1) is 69.1 Å². The van der Waals surface area contributed by atoms with Crippen molar-refractivity contribution in [2.24, 2.45) is 0 Å². The van der Waals surface area contributed by atoms with Gasteiger partial charge in [-0.2, -0.15) is 12.1 Å². The molecule has 6 aromatic rings. The number of fused-ring (bicyclic) bond motifs is 2. The van der Waals surface area contributed by atoms with Crippen LogP contribution < -0.4 is 20.7 Å². The van der Waals surface area contributed by atoms with E-state index in [1.807, 2.05) is 0 Å².